The van der Waals surface area contributed by atoms with Gasteiger partial charge in [-0.25, -0.2) is 4.68 Å². The highest BCUT2D eigenvalue weighted by atomic mass is 16.2. The van der Waals surface area contributed by atoms with Gasteiger partial charge in [0, 0.05) is 6.42 Å². The first-order valence-electron chi connectivity index (χ1n) is 7.28. The van der Waals surface area contributed by atoms with Crippen molar-refractivity contribution in [3.63, 3.8) is 0 Å². The van der Waals surface area contributed by atoms with E-state index in [2.05, 4.69) is 20.7 Å². The lowest BCUT2D eigenvalue weighted by Gasteiger charge is -2.23. The van der Waals surface area contributed by atoms with Crippen molar-refractivity contribution >= 4 is 23.7 Å². The second-order valence-electron chi connectivity index (χ2n) is 5.18. The fraction of sp³-hybridized carbons (Fsp3) is 0.333. The lowest BCUT2D eigenvalue weighted by molar-refractivity contribution is -0.117. The molecule has 1 aliphatic heterocycles. The highest BCUT2D eigenvalue weighted by Crippen LogP contribution is 2.29. The predicted molar refractivity (Wildman–Crippen MR) is 81.4 cm³/mol. The lowest BCUT2D eigenvalue weighted by Crippen LogP contribution is -2.29. The molecule has 0 fully saturated rings. The number of carbonyl (C=O) groups excluding carboxylic acids is 2. The summed E-state index contributed by atoms with van der Waals surface area (Å²) in [5.74, 6) is 0.335. The number of aromatic nitrogens is 3. The van der Waals surface area contributed by atoms with Gasteiger partial charge in [0.25, 0.3) is 5.95 Å². The number of nitrogens with zero attached hydrogens (tertiary/aromatic N) is 3. The van der Waals surface area contributed by atoms with E-state index in [0.717, 1.165) is 12.0 Å². The van der Waals surface area contributed by atoms with Gasteiger partial charge < -0.3 is 0 Å². The summed E-state index contributed by atoms with van der Waals surface area (Å²) in [6.07, 6.45) is 1.46. The van der Waals surface area contributed by atoms with Gasteiger partial charge in [0.05, 0.1) is 12.5 Å². The normalized spacial score (nSPS) is 16.8. The summed E-state index contributed by atoms with van der Waals surface area (Å²) < 4.78 is 1.65. The molecule has 7 nitrogen and oxygen atoms in total. The summed E-state index contributed by atoms with van der Waals surface area (Å²) in [6.45, 7) is 1.93. The Morgan fingerprint density at radius 1 is 1.41 bits per heavy atom. The highest BCUT2D eigenvalue weighted by Gasteiger charge is 2.29. The predicted octanol–water partition coefficient (Wildman–Crippen LogP) is 1.95. The van der Waals surface area contributed by atoms with Gasteiger partial charge in [-0.05, 0) is 12.0 Å². The van der Waals surface area contributed by atoms with Crippen molar-refractivity contribution in [2.24, 2.45) is 0 Å². The third-order valence-corrected chi connectivity index (χ3v) is 3.47. The van der Waals surface area contributed by atoms with E-state index < -0.39 is 0 Å². The molecular formula is C15H17N5O2. The van der Waals surface area contributed by atoms with Crippen LogP contribution in [0.4, 0.5) is 11.9 Å². The van der Waals surface area contributed by atoms with Crippen LogP contribution >= 0.6 is 0 Å². The Hall–Kier alpha value is -2.70. The van der Waals surface area contributed by atoms with Gasteiger partial charge in [-0.3, -0.25) is 20.2 Å². The molecule has 7 heteroatoms. The van der Waals surface area contributed by atoms with Crippen molar-refractivity contribution < 1.29 is 9.59 Å². The Labute approximate surface area is 127 Å². The summed E-state index contributed by atoms with van der Waals surface area (Å²) in [7, 11) is 0. The summed E-state index contributed by atoms with van der Waals surface area (Å²) >= 11 is 0. The van der Waals surface area contributed by atoms with Crippen molar-refractivity contribution in [3.05, 3.63) is 35.9 Å². The quantitative estimate of drug-likeness (QED) is 0.903. The minimum absolute atomic E-state index is 0.111. The number of nitrogens with one attached hydrogen (secondary N) is 2. The van der Waals surface area contributed by atoms with Crippen LogP contribution in [0.15, 0.2) is 30.3 Å². The van der Waals surface area contributed by atoms with Crippen LogP contribution in [0, 0.1) is 0 Å². The average molecular weight is 299 g/mol. The molecule has 2 heterocycles. The molecule has 0 saturated heterocycles. The Bertz CT molecular complexity index is 695. The van der Waals surface area contributed by atoms with Crippen LogP contribution in [0.1, 0.15) is 37.8 Å². The molecule has 2 amide bonds. The molecule has 0 saturated carbocycles. The first-order valence-corrected chi connectivity index (χ1v) is 7.28. The van der Waals surface area contributed by atoms with Gasteiger partial charge in [0.2, 0.25) is 17.8 Å². The number of carbonyl (C=O) groups is 2. The van der Waals surface area contributed by atoms with E-state index in [4.69, 9.17) is 0 Å². The van der Waals surface area contributed by atoms with Crippen LogP contribution in [0.5, 0.6) is 0 Å². The molecule has 3 rings (SSSR count). The Morgan fingerprint density at radius 3 is 2.91 bits per heavy atom. The van der Waals surface area contributed by atoms with Crippen molar-refractivity contribution in [1.82, 2.24) is 14.8 Å². The van der Waals surface area contributed by atoms with E-state index in [1.807, 2.05) is 37.3 Å². The monoisotopic (exact) mass is 299 g/mol. The smallest absolute Gasteiger partial charge is 0.250 e. The Morgan fingerprint density at radius 2 is 2.18 bits per heavy atom. The van der Waals surface area contributed by atoms with Gasteiger partial charge in [0.15, 0.2) is 0 Å². The summed E-state index contributed by atoms with van der Waals surface area (Å²) in [6, 6.07) is 9.44. The first-order chi connectivity index (χ1) is 10.7. The zero-order valence-corrected chi connectivity index (χ0v) is 12.2. The second kappa shape index (κ2) is 5.97. The third kappa shape index (κ3) is 2.83. The molecule has 2 N–H and O–H groups in total. The van der Waals surface area contributed by atoms with Gasteiger partial charge in [-0.1, -0.05) is 37.3 Å². The van der Waals surface area contributed by atoms with Gasteiger partial charge in [0.1, 0.15) is 0 Å². The van der Waals surface area contributed by atoms with E-state index in [1.54, 1.807) is 4.68 Å². The molecular weight excluding hydrogens is 282 g/mol. The minimum atomic E-state index is -0.214. The van der Waals surface area contributed by atoms with Crippen LogP contribution in [0.3, 0.4) is 0 Å². The lowest BCUT2D eigenvalue weighted by atomic mass is 10.0. The molecule has 114 valence electrons. The maximum atomic E-state index is 11.9. The maximum Gasteiger partial charge on any atom is 0.250 e. The number of hydrogen-bond donors (Lipinski definition) is 2. The number of rotatable bonds is 4. The molecule has 0 aliphatic carbocycles. The second-order valence-corrected chi connectivity index (χ2v) is 5.18. The molecule has 0 spiro atoms. The van der Waals surface area contributed by atoms with Crippen molar-refractivity contribution in [2.75, 3.05) is 10.6 Å². The fourth-order valence-corrected chi connectivity index (χ4v) is 2.47. The van der Waals surface area contributed by atoms with Crippen LogP contribution in [0.2, 0.25) is 0 Å². The number of hydrogen-bond acceptors (Lipinski definition) is 4. The van der Waals surface area contributed by atoms with Crippen molar-refractivity contribution in [2.45, 2.75) is 32.2 Å². The van der Waals surface area contributed by atoms with Gasteiger partial charge >= 0.3 is 0 Å². The van der Waals surface area contributed by atoms with E-state index in [0.29, 0.717) is 18.8 Å². The van der Waals surface area contributed by atoms with Crippen LogP contribution in [0.25, 0.3) is 0 Å². The largest absolute Gasteiger partial charge is 0.295 e. The third-order valence-electron chi connectivity index (χ3n) is 3.47. The summed E-state index contributed by atoms with van der Waals surface area (Å²) in [5.41, 5.74) is 0.981. The number of anilines is 2. The standard InChI is InChI=1S/C15H17N5O2/c1-2-6-12(21)16-14-18-15-17-13(22)9-11(20(15)19-14)10-7-4-3-5-8-10/h3-5,7-8,11H,2,6,9H2,1H3,(H2,16,17,18,19,21,22)/t11-/m1/s1. The van der Waals surface area contributed by atoms with Crippen molar-refractivity contribution in [3.8, 4) is 0 Å². The van der Waals surface area contributed by atoms with Gasteiger partial charge in [-0.15, -0.1) is 5.10 Å². The number of benzene rings is 1. The molecule has 1 aliphatic rings. The first kappa shape index (κ1) is 14.2. The van der Waals surface area contributed by atoms with E-state index in [9.17, 15) is 9.59 Å². The topological polar surface area (TPSA) is 88.9 Å². The Kier molecular flexibility index (Phi) is 3.86. The van der Waals surface area contributed by atoms with Crippen molar-refractivity contribution in [1.29, 1.82) is 0 Å². The van der Waals surface area contributed by atoms with E-state index in [1.165, 1.54) is 0 Å². The van der Waals surface area contributed by atoms with Crippen LogP contribution < -0.4 is 10.6 Å². The average Bonchev–Trinajstić information content (AvgIpc) is 2.89. The highest BCUT2D eigenvalue weighted by molar-refractivity contribution is 5.92. The molecule has 0 unspecified atom stereocenters. The molecule has 2 aromatic rings. The van der Waals surface area contributed by atoms with Crippen LogP contribution in [-0.4, -0.2) is 26.6 Å². The molecule has 1 atom stereocenters. The maximum absolute atomic E-state index is 11.9. The van der Waals surface area contributed by atoms with Crippen LogP contribution in [-0.2, 0) is 9.59 Å². The van der Waals surface area contributed by atoms with Gasteiger partial charge in [-0.2, -0.15) is 4.98 Å². The molecule has 0 radical (unpaired) electrons. The Balaban J connectivity index is 1.90. The number of fused-ring (bicyclic) bond motifs is 1. The fourth-order valence-electron chi connectivity index (χ4n) is 2.47. The van der Waals surface area contributed by atoms with E-state index in [-0.39, 0.29) is 23.8 Å². The van der Waals surface area contributed by atoms with E-state index >= 15 is 0 Å². The molecule has 22 heavy (non-hydrogen) atoms. The summed E-state index contributed by atoms with van der Waals surface area (Å²) in [4.78, 5) is 27.7. The SMILES string of the molecule is CCCC(=O)Nc1nc2n(n1)[C@@H](c1ccccc1)CC(=O)N2. The minimum Gasteiger partial charge on any atom is -0.295 e. The molecule has 1 aromatic heterocycles. The number of amides is 2. The molecule has 1 aromatic carbocycles. The summed E-state index contributed by atoms with van der Waals surface area (Å²) in [5, 5.41) is 9.66. The zero-order chi connectivity index (χ0) is 15.5. The molecule has 0 bridgehead atoms. The zero-order valence-electron chi connectivity index (χ0n) is 12.2.